The number of ether oxygens (including phenoxy) is 1. The van der Waals surface area contributed by atoms with Crippen LogP contribution in [-0.2, 0) is 14.8 Å². The Hall–Kier alpha value is -2.38. The molecule has 7 heteroatoms. The molecule has 3 N–H and O–H groups in total. The second-order valence-electron chi connectivity index (χ2n) is 6.27. The van der Waals surface area contributed by atoms with Crippen LogP contribution in [0.3, 0.4) is 0 Å². The third kappa shape index (κ3) is 5.57. The molecule has 0 spiro atoms. The van der Waals surface area contributed by atoms with Gasteiger partial charge in [0.05, 0.1) is 11.5 Å². The van der Waals surface area contributed by atoms with E-state index in [1.807, 2.05) is 38.1 Å². The largest absolute Gasteiger partial charge is 0.494 e. The topological polar surface area (TPSA) is 98.5 Å². The average Bonchev–Trinajstić information content (AvgIpc) is 2.56. The Morgan fingerprint density at radius 3 is 2.38 bits per heavy atom. The van der Waals surface area contributed by atoms with Crippen LogP contribution in [0.25, 0.3) is 0 Å². The predicted molar refractivity (Wildman–Crippen MR) is 102 cm³/mol. The summed E-state index contributed by atoms with van der Waals surface area (Å²) in [5, 5.41) is 7.94. The highest BCUT2D eigenvalue weighted by Gasteiger charge is 2.14. The molecule has 0 saturated heterocycles. The molecule has 2 rings (SSSR count). The smallest absolute Gasteiger partial charge is 0.238 e. The molecule has 0 fully saturated rings. The van der Waals surface area contributed by atoms with E-state index in [0.29, 0.717) is 18.7 Å². The molecule has 0 aliphatic rings. The van der Waals surface area contributed by atoms with E-state index in [-0.39, 0.29) is 17.2 Å². The molecule has 26 heavy (non-hydrogen) atoms. The number of anilines is 1. The Morgan fingerprint density at radius 1 is 1.12 bits per heavy atom. The minimum atomic E-state index is -3.83. The van der Waals surface area contributed by atoms with Crippen LogP contribution in [0, 0.1) is 20.8 Å². The van der Waals surface area contributed by atoms with Crippen molar-refractivity contribution in [1.29, 1.82) is 0 Å². The molecule has 0 aliphatic heterocycles. The van der Waals surface area contributed by atoms with Gasteiger partial charge in [0, 0.05) is 12.1 Å². The third-order valence-corrected chi connectivity index (χ3v) is 4.97. The molecule has 0 heterocycles. The number of aryl methyl sites for hydroxylation is 2. The highest BCUT2D eigenvalue weighted by Crippen LogP contribution is 2.23. The van der Waals surface area contributed by atoms with Crippen molar-refractivity contribution in [2.75, 3.05) is 11.9 Å². The molecule has 0 saturated carbocycles. The first-order valence-corrected chi connectivity index (χ1v) is 9.85. The van der Waals surface area contributed by atoms with Crippen molar-refractivity contribution in [2.45, 2.75) is 38.5 Å². The fourth-order valence-electron chi connectivity index (χ4n) is 2.39. The molecule has 2 aromatic carbocycles. The standard InChI is InChI=1S/C19H24N2O4S/c1-13-6-8-16(9-7-13)25-10-4-5-19(22)21-18-12-17(26(20,23)24)11-14(2)15(18)3/h6-9,11-12H,4-5,10H2,1-3H3,(H,21,22)(H2,20,23,24). The van der Waals surface area contributed by atoms with Gasteiger partial charge in [-0.25, -0.2) is 13.6 Å². The van der Waals surface area contributed by atoms with Crippen LogP contribution in [0.5, 0.6) is 5.75 Å². The van der Waals surface area contributed by atoms with Crippen LogP contribution >= 0.6 is 0 Å². The van der Waals surface area contributed by atoms with Gasteiger partial charge in [-0.2, -0.15) is 0 Å². The Morgan fingerprint density at radius 2 is 1.77 bits per heavy atom. The number of nitrogens with one attached hydrogen (secondary N) is 1. The molecule has 6 nitrogen and oxygen atoms in total. The lowest BCUT2D eigenvalue weighted by Gasteiger charge is -2.13. The fraction of sp³-hybridized carbons (Fsp3) is 0.316. The van der Waals surface area contributed by atoms with E-state index >= 15 is 0 Å². The molecule has 2 aromatic rings. The van der Waals surface area contributed by atoms with Crippen LogP contribution in [-0.4, -0.2) is 20.9 Å². The Balaban J connectivity index is 1.91. The van der Waals surface area contributed by atoms with E-state index in [2.05, 4.69) is 5.32 Å². The van der Waals surface area contributed by atoms with Gasteiger partial charge in [-0.05, 0) is 62.6 Å². The molecule has 0 bridgehead atoms. The van der Waals surface area contributed by atoms with Crippen LogP contribution in [0.1, 0.15) is 29.5 Å². The van der Waals surface area contributed by atoms with Gasteiger partial charge in [0.25, 0.3) is 0 Å². The number of amides is 1. The first-order chi connectivity index (χ1) is 12.2. The Bertz CT molecular complexity index is 891. The number of nitrogens with two attached hydrogens (primary N) is 1. The molecular weight excluding hydrogens is 352 g/mol. The SMILES string of the molecule is Cc1ccc(OCCCC(=O)Nc2cc(S(N)(=O)=O)cc(C)c2C)cc1. The molecule has 0 unspecified atom stereocenters. The van der Waals surface area contributed by atoms with E-state index < -0.39 is 10.0 Å². The Labute approximate surface area is 154 Å². The normalized spacial score (nSPS) is 11.2. The molecule has 0 radical (unpaired) electrons. The number of sulfonamides is 1. The highest BCUT2D eigenvalue weighted by atomic mass is 32.2. The minimum absolute atomic E-state index is 0.0152. The molecule has 0 atom stereocenters. The number of primary sulfonamides is 1. The number of rotatable bonds is 7. The highest BCUT2D eigenvalue weighted by molar-refractivity contribution is 7.89. The summed E-state index contributed by atoms with van der Waals surface area (Å²) in [7, 11) is -3.83. The summed E-state index contributed by atoms with van der Waals surface area (Å²) in [4.78, 5) is 12.1. The van der Waals surface area contributed by atoms with E-state index in [9.17, 15) is 13.2 Å². The van der Waals surface area contributed by atoms with Crippen molar-refractivity contribution < 1.29 is 17.9 Å². The molecule has 140 valence electrons. The van der Waals surface area contributed by atoms with Gasteiger partial charge < -0.3 is 10.1 Å². The van der Waals surface area contributed by atoms with Gasteiger partial charge in [-0.1, -0.05) is 17.7 Å². The number of hydrogen-bond donors (Lipinski definition) is 2. The maximum Gasteiger partial charge on any atom is 0.238 e. The Kier molecular flexibility index (Phi) is 6.39. The first kappa shape index (κ1) is 19.9. The summed E-state index contributed by atoms with van der Waals surface area (Å²) in [6, 6.07) is 10.6. The lowest BCUT2D eigenvalue weighted by atomic mass is 10.1. The quantitative estimate of drug-likeness (QED) is 0.726. The summed E-state index contributed by atoms with van der Waals surface area (Å²) < 4.78 is 28.7. The van der Waals surface area contributed by atoms with Crippen LogP contribution < -0.4 is 15.2 Å². The van der Waals surface area contributed by atoms with Gasteiger partial charge in [0.2, 0.25) is 15.9 Å². The lowest BCUT2D eigenvalue weighted by molar-refractivity contribution is -0.116. The zero-order chi connectivity index (χ0) is 19.3. The van der Waals surface area contributed by atoms with Gasteiger partial charge in [-0.15, -0.1) is 0 Å². The molecule has 1 amide bonds. The third-order valence-electron chi connectivity index (χ3n) is 4.08. The summed E-state index contributed by atoms with van der Waals surface area (Å²) in [6.45, 7) is 6.02. The average molecular weight is 376 g/mol. The van der Waals surface area contributed by atoms with Gasteiger partial charge in [0.1, 0.15) is 5.75 Å². The maximum absolute atomic E-state index is 12.1. The summed E-state index contributed by atoms with van der Waals surface area (Å²) in [5.41, 5.74) is 3.17. The van der Waals surface area contributed by atoms with E-state index in [1.54, 1.807) is 6.92 Å². The van der Waals surface area contributed by atoms with Crippen molar-refractivity contribution >= 4 is 21.6 Å². The van der Waals surface area contributed by atoms with E-state index in [0.717, 1.165) is 22.4 Å². The van der Waals surface area contributed by atoms with Crippen molar-refractivity contribution in [1.82, 2.24) is 0 Å². The maximum atomic E-state index is 12.1. The van der Waals surface area contributed by atoms with Crippen LogP contribution in [0.4, 0.5) is 5.69 Å². The molecular formula is C19H24N2O4S. The van der Waals surface area contributed by atoms with Crippen molar-refractivity contribution in [3.05, 3.63) is 53.1 Å². The second kappa shape index (κ2) is 8.33. The predicted octanol–water partition coefficient (Wildman–Crippen LogP) is 3.06. The summed E-state index contributed by atoms with van der Waals surface area (Å²) in [6.07, 6.45) is 0.816. The van der Waals surface area contributed by atoms with Crippen molar-refractivity contribution in [2.24, 2.45) is 5.14 Å². The summed E-state index contributed by atoms with van der Waals surface area (Å²) >= 11 is 0. The zero-order valence-corrected chi connectivity index (χ0v) is 16.0. The molecule has 0 aromatic heterocycles. The van der Waals surface area contributed by atoms with Crippen molar-refractivity contribution in [3.8, 4) is 5.75 Å². The summed E-state index contributed by atoms with van der Waals surface area (Å²) in [5.74, 6) is 0.565. The van der Waals surface area contributed by atoms with E-state index in [1.165, 1.54) is 12.1 Å². The fourth-order valence-corrected chi connectivity index (χ4v) is 3.01. The number of carbonyl (C=O) groups is 1. The monoisotopic (exact) mass is 376 g/mol. The molecule has 0 aliphatic carbocycles. The number of hydrogen-bond acceptors (Lipinski definition) is 4. The van der Waals surface area contributed by atoms with Crippen LogP contribution in [0.2, 0.25) is 0 Å². The van der Waals surface area contributed by atoms with Gasteiger partial charge in [0.15, 0.2) is 0 Å². The van der Waals surface area contributed by atoms with Crippen LogP contribution in [0.15, 0.2) is 41.3 Å². The zero-order valence-electron chi connectivity index (χ0n) is 15.2. The first-order valence-electron chi connectivity index (χ1n) is 8.30. The minimum Gasteiger partial charge on any atom is -0.494 e. The van der Waals surface area contributed by atoms with E-state index in [4.69, 9.17) is 9.88 Å². The van der Waals surface area contributed by atoms with Crippen molar-refractivity contribution in [3.63, 3.8) is 0 Å². The second-order valence-corrected chi connectivity index (χ2v) is 7.83. The van der Waals surface area contributed by atoms with Gasteiger partial charge >= 0.3 is 0 Å². The van der Waals surface area contributed by atoms with Gasteiger partial charge in [-0.3, -0.25) is 4.79 Å². The number of carbonyl (C=O) groups excluding carboxylic acids is 1. The lowest BCUT2D eigenvalue weighted by Crippen LogP contribution is -2.16. The number of benzene rings is 2.